The second-order valence-electron chi connectivity index (χ2n) is 3.91. The monoisotopic (exact) mass is 345 g/mol. The fourth-order valence-corrected chi connectivity index (χ4v) is 2.85. The van der Waals surface area contributed by atoms with E-state index in [1.807, 2.05) is 0 Å². The molecule has 9 heteroatoms. The molecule has 0 aliphatic carbocycles. The van der Waals surface area contributed by atoms with Crippen LogP contribution in [0.3, 0.4) is 0 Å². The van der Waals surface area contributed by atoms with E-state index in [2.05, 4.69) is 20.0 Å². The number of carbonyl (C=O) groups excluding carboxylic acids is 2. The van der Waals surface area contributed by atoms with Gasteiger partial charge in [-0.05, 0) is 30.2 Å². The summed E-state index contributed by atoms with van der Waals surface area (Å²) >= 11 is 12.5. The van der Waals surface area contributed by atoms with E-state index in [0.29, 0.717) is 9.88 Å². The van der Waals surface area contributed by atoms with Crippen molar-refractivity contribution in [3.8, 4) is 0 Å². The second-order valence-corrected chi connectivity index (χ2v) is 5.66. The van der Waals surface area contributed by atoms with Crippen molar-refractivity contribution in [2.75, 3.05) is 12.4 Å². The molecular formula is C12H9Cl2N3O3S. The Morgan fingerprint density at radius 2 is 2.10 bits per heavy atom. The van der Waals surface area contributed by atoms with E-state index in [9.17, 15) is 9.59 Å². The molecule has 2 aromatic heterocycles. The van der Waals surface area contributed by atoms with Gasteiger partial charge < -0.3 is 10.1 Å². The number of esters is 1. The Kier molecular flexibility index (Phi) is 4.76. The zero-order valence-electron chi connectivity index (χ0n) is 10.9. The number of thiophene rings is 1. The second kappa shape index (κ2) is 6.38. The number of amides is 1. The van der Waals surface area contributed by atoms with Crippen molar-refractivity contribution in [1.29, 1.82) is 0 Å². The fourth-order valence-electron chi connectivity index (χ4n) is 1.47. The largest absolute Gasteiger partial charge is 0.465 e. The van der Waals surface area contributed by atoms with Crippen LogP contribution < -0.4 is 5.32 Å². The Morgan fingerprint density at radius 3 is 2.71 bits per heavy atom. The molecule has 21 heavy (non-hydrogen) atoms. The average Bonchev–Trinajstić information content (AvgIpc) is 2.79. The predicted octanol–water partition coefficient (Wildman–Crippen LogP) is 3.19. The van der Waals surface area contributed by atoms with E-state index >= 15 is 0 Å². The van der Waals surface area contributed by atoms with Crippen molar-refractivity contribution in [3.63, 3.8) is 0 Å². The Hall–Kier alpha value is -1.70. The molecule has 2 rings (SSSR count). The number of aromatic nitrogens is 2. The fraction of sp³-hybridized carbons (Fsp3) is 0.167. The summed E-state index contributed by atoms with van der Waals surface area (Å²) in [5, 5.41) is 3.08. The predicted molar refractivity (Wildman–Crippen MR) is 80.4 cm³/mol. The van der Waals surface area contributed by atoms with Crippen molar-refractivity contribution in [2.24, 2.45) is 0 Å². The molecule has 0 bridgehead atoms. The molecule has 0 spiro atoms. The zero-order chi connectivity index (χ0) is 15.6. The molecule has 0 aliphatic heterocycles. The lowest BCUT2D eigenvalue weighted by atomic mass is 10.3. The molecule has 0 aliphatic rings. The van der Waals surface area contributed by atoms with E-state index in [-0.39, 0.29) is 16.0 Å². The minimum absolute atomic E-state index is 0.0446. The molecule has 0 saturated carbocycles. The number of nitrogens with zero attached hydrogens (tertiary/aromatic N) is 2. The first-order valence-electron chi connectivity index (χ1n) is 5.60. The summed E-state index contributed by atoms with van der Waals surface area (Å²) in [5.41, 5.74) is 0.827. The van der Waals surface area contributed by atoms with Gasteiger partial charge in [-0.3, -0.25) is 4.79 Å². The minimum atomic E-state index is -0.488. The van der Waals surface area contributed by atoms with Gasteiger partial charge in [0.05, 0.1) is 17.7 Å². The Labute approximate surface area is 134 Å². The number of hydrogen-bond donors (Lipinski definition) is 1. The van der Waals surface area contributed by atoms with Crippen LogP contribution in [0, 0.1) is 6.92 Å². The maximum atomic E-state index is 12.1. The lowest BCUT2D eigenvalue weighted by Gasteiger charge is -2.05. The lowest BCUT2D eigenvalue weighted by Crippen LogP contribution is -2.13. The maximum Gasteiger partial charge on any atom is 0.348 e. The molecule has 0 atom stereocenters. The van der Waals surface area contributed by atoms with Gasteiger partial charge in [-0.2, -0.15) is 0 Å². The van der Waals surface area contributed by atoms with Crippen LogP contribution in [0.2, 0.25) is 10.4 Å². The van der Waals surface area contributed by atoms with Crippen molar-refractivity contribution in [3.05, 3.63) is 38.7 Å². The number of halogens is 2. The molecule has 0 unspecified atom stereocenters. The van der Waals surface area contributed by atoms with Gasteiger partial charge >= 0.3 is 5.97 Å². The summed E-state index contributed by atoms with van der Waals surface area (Å²) in [6.45, 7) is 1.76. The van der Waals surface area contributed by atoms with Crippen molar-refractivity contribution < 1.29 is 14.3 Å². The summed E-state index contributed by atoms with van der Waals surface area (Å²) in [7, 11) is 1.29. The lowest BCUT2D eigenvalue weighted by molar-refractivity contribution is 0.0606. The molecule has 1 amide bonds. The first-order chi connectivity index (χ1) is 9.92. The number of methoxy groups -OCH3 is 1. The number of hydrogen-bond acceptors (Lipinski definition) is 6. The van der Waals surface area contributed by atoms with Gasteiger partial charge in [-0.15, -0.1) is 11.3 Å². The SMILES string of the molecule is COC(=O)c1cc(C)c(NC(=O)c2cnc(Cl)nc2Cl)s1. The summed E-state index contributed by atoms with van der Waals surface area (Å²) < 4.78 is 4.63. The van der Waals surface area contributed by atoms with Gasteiger partial charge in [0.1, 0.15) is 10.0 Å². The van der Waals surface area contributed by atoms with Crippen LogP contribution in [0.4, 0.5) is 5.00 Å². The van der Waals surface area contributed by atoms with E-state index in [4.69, 9.17) is 23.2 Å². The molecule has 2 heterocycles. The molecule has 110 valence electrons. The molecule has 0 aromatic carbocycles. The summed E-state index contributed by atoms with van der Waals surface area (Å²) in [4.78, 5) is 31.4. The number of carbonyl (C=O) groups is 2. The van der Waals surface area contributed by atoms with E-state index < -0.39 is 11.9 Å². The van der Waals surface area contributed by atoms with Crippen LogP contribution in [0.1, 0.15) is 25.6 Å². The summed E-state index contributed by atoms with van der Waals surface area (Å²) in [5.74, 6) is -0.950. The van der Waals surface area contributed by atoms with Gasteiger partial charge in [-0.1, -0.05) is 11.6 Å². The highest BCUT2D eigenvalue weighted by molar-refractivity contribution is 7.18. The number of anilines is 1. The number of nitrogens with one attached hydrogen (secondary N) is 1. The third-order valence-electron chi connectivity index (χ3n) is 2.49. The van der Waals surface area contributed by atoms with Crippen molar-refractivity contribution in [2.45, 2.75) is 6.92 Å². The van der Waals surface area contributed by atoms with Crippen LogP contribution in [0.25, 0.3) is 0 Å². The molecular weight excluding hydrogens is 337 g/mol. The van der Waals surface area contributed by atoms with E-state index in [1.165, 1.54) is 13.3 Å². The Morgan fingerprint density at radius 1 is 1.38 bits per heavy atom. The standard InChI is InChI=1S/C12H9Cl2N3O3S/c1-5-3-7(11(19)20-2)21-10(5)17-9(18)6-4-15-12(14)16-8(6)13/h3-4H,1-2H3,(H,17,18). The van der Waals surface area contributed by atoms with Crippen molar-refractivity contribution in [1.82, 2.24) is 9.97 Å². The third-order valence-corrected chi connectivity index (χ3v) is 4.09. The molecule has 2 aromatic rings. The summed E-state index contributed by atoms with van der Waals surface area (Å²) in [6, 6.07) is 1.63. The van der Waals surface area contributed by atoms with E-state index in [1.54, 1.807) is 13.0 Å². The normalized spacial score (nSPS) is 10.3. The molecule has 0 fully saturated rings. The van der Waals surface area contributed by atoms with Crippen LogP contribution in [-0.2, 0) is 4.74 Å². The number of aryl methyl sites for hydroxylation is 1. The molecule has 1 N–H and O–H groups in total. The quantitative estimate of drug-likeness (QED) is 0.524. The number of ether oxygens (including phenoxy) is 1. The smallest absolute Gasteiger partial charge is 0.348 e. The first-order valence-corrected chi connectivity index (χ1v) is 7.17. The zero-order valence-corrected chi connectivity index (χ0v) is 13.3. The average molecular weight is 346 g/mol. The van der Waals surface area contributed by atoms with Gasteiger partial charge in [0.2, 0.25) is 5.28 Å². The van der Waals surface area contributed by atoms with Crippen molar-refractivity contribution >= 4 is 51.4 Å². The first kappa shape index (κ1) is 15.7. The van der Waals surface area contributed by atoms with Crippen LogP contribution in [-0.4, -0.2) is 29.0 Å². The molecule has 0 radical (unpaired) electrons. The molecule has 0 saturated heterocycles. The summed E-state index contributed by atoms with van der Waals surface area (Å²) in [6.07, 6.45) is 1.23. The number of rotatable bonds is 3. The maximum absolute atomic E-state index is 12.1. The third kappa shape index (κ3) is 3.49. The molecule has 6 nitrogen and oxygen atoms in total. The Balaban J connectivity index is 2.23. The van der Waals surface area contributed by atoms with Crippen LogP contribution >= 0.6 is 34.5 Å². The van der Waals surface area contributed by atoms with E-state index in [0.717, 1.165) is 16.9 Å². The topological polar surface area (TPSA) is 81.2 Å². The van der Waals surface area contributed by atoms with Gasteiger partial charge in [0.25, 0.3) is 5.91 Å². The van der Waals surface area contributed by atoms with Crippen LogP contribution in [0.15, 0.2) is 12.3 Å². The highest BCUT2D eigenvalue weighted by atomic mass is 35.5. The highest BCUT2D eigenvalue weighted by Crippen LogP contribution is 2.28. The Bertz CT molecular complexity index is 718. The van der Waals surface area contributed by atoms with Gasteiger partial charge in [0.15, 0.2) is 0 Å². The van der Waals surface area contributed by atoms with Crippen LogP contribution in [0.5, 0.6) is 0 Å². The van der Waals surface area contributed by atoms with Gasteiger partial charge in [-0.25, -0.2) is 14.8 Å². The highest BCUT2D eigenvalue weighted by Gasteiger charge is 2.17. The minimum Gasteiger partial charge on any atom is -0.465 e. The van der Waals surface area contributed by atoms with Gasteiger partial charge in [0, 0.05) is 6.20 Å².